The molecule has 1 aliphatic rings. The Kier molecular flexibility index (Phi) is 3.91. The average Bonchev–Trinajstić information content (AvgIpc) is 3.19. The molecule has 6 heteroatoms. The van der Waals surface area contributed by atoms with Gasteiger partial charge in [0.15, 0.2) is 5.82 Å². The van der Waals surface area contributed by atoms with Crippen LogP contribution >= 0.6 is 15.9 Å². The monoisotopic (exact) mass is 337 g/mol. The minimum absolute atomic E-state index is 0.487. The molecule has 0 saturated heterocycles. The van der Waals surface area contributed by atoms with E-state index in [9.17, 15) is 0 Å². The van der Waals surface area contributed by atoms with Crippen LogP contribution in [-0.2, 0) is 6.54 Å². The first-order chi connectivity index (χ1) is 9.76. The molecule has 0 spiro atoms. The third-order valence-corrected chi connectivity index (χ3v) is 3.58. The Bertz CT molecular complexity index is 596. The van der Waals surface area contributed by atoms with E-state index >= 15 is 0 Å². The summed E-state index contributed by atoms with van der Waals surface area (Å²) in [4.78, 5) is 4.39. The van der Waals surface area contributed by atoms with Crippen LogP contribution in [0.1, 0.15) is 37.4 Å². The Labute approximate surface area is 125 Å². The predicted octanol–water partition coefficient (Wildman–Crippen LogP) is 3.72. The number of hydrogen-bond acceptors (Lipinski definition) is 5. The molecule has 3 rings (SSSR count). The summed E-state index contributed by atoms with van der Waals surface area (Å²) in [7, 11) is 0. The van der Waals surface area contributed by atoms with E-state index < -0.39 is 0 Å². The first-order valence-corrected chi connectivity index (χ1v) is 7.54. The number of nitrogens with zero attached hydrogens (tertiary/aromatic N) is 2. The maximum atomic E-state index is 5.59. The van der Waals surface area contributed by atoms with E-state index in [-0.39, 0.29) is 0 Å². The second-order valence-corrected chi connectivity index (χ2v) is 5.67. The van der Waals surface area contributed by atoms with Crippen LogP contribution in [0.2, 0.25) is 0 Å². The smallest absolute Gasteiger partial charge is 0.229 e. The number of ether oxygens (including phenoxy) is 1. The van der Waals surface area contributed by atoms with Crippen molar-refractivity contribution in [3.8, 4) is 5.75 Å². The summed E-state index contributed by atoms with van der Waals surface area (Å²) >= 11 is 3.46. The highest BCUT2D eigenvalue weighted by atomic mass is 79.9. The van der Waals surface area contributed by atoms with Gasteiger partial charge in [-0.2, -0.15) is 4.98 Å². The minimum Gasteiger partial charge on any atom is -0.492 e. The molecule has 20 heavy (non-hydrogen) atoms. The summed E-state index contributed by atoms with van der Waals surface area (Å²) in [6, 6.07) is 5.87. The van der Waals surface area contributed by atoms with Crippen molar-refractivity contribution in [3.05, 3.63) is 34.4 Å². The van der Waals surface area contributed by atoms with E-state index in [0.717, 1.165) is 34.6 Å². The Balaban J connectivity index is 1.68. The lowest BCUT2D eigenvalue weighted by Gasteiger charge is -2.11. The highest BCUT2D eigenvalue weighted by molar-refractivity contribution is 9.10. The van der Waals surface area contributed by atoms with Gasteiger partial charge in [0.1, 0.15) is 5.75 Å². The van der Waals surface area contributed by atoms with Crippen LogP contribution in [-0.4, -0.2) is 16.7 Å². The molecule has 106 valence electrons. The summed E-state index contributed by atoms with van der Waals surface area (Å²) in [5.74, 6) is 2.75. The maximum absolute atomic E-state index is 5.59. The number of rotatable bonds is 6. The molecular formula is C14H16BrN3O2. The molecule has 0 aliphatic heterocycles. The fraction of sp³-hybridized carbons (Fsp3) is 0.429. The van der Waals surface area contributed by atoms with Crippen molar-refractivity contribution >= 4 is 21.6 Å². The number of anilines is 1. The van der Waals surface area contributed by atoms with Crippen molar-refractivity contribution in [1.29, 1.82) is 0 Å². The number of hydrogen-bond donors (Lipinski definition) is 1. The van der Waals surface area contributed by atoms with Crippen LogP contribution in [0.4, 0.5) is 5.69 Å². The maximum Gasteiger partial charge on any atom is 0.229 e. The molecule has 1 N–H and O–H groups in total. The van der Waals surface area contributed by atoms with Gasteiger partial charge in [0.05, 0.1) is 18.8 Å². The first kappa shape index (κ1) is 13.4. The average molecular weight is 338 g/mol. The van der Waals surface area contributed by atoms with Gasteiger partial charge in [-0.25, -0.2) is 0 Å². The highest BCUT2D eigenvalue weighted by Gasteiger charge is 2.29. The third-order valence-electron chi connectivity index (χ3n) is 3.09. The molecule has 0 radical (unpaired) electrons. The van der Waals surface area contributed by atoms with E-state index in [2.05, 4.69) is 31.4 Å². The zero-order valence-corrected chi connectivity index (χ0v) is 12.8. The molecule has 1 aromatic heterocycles. The van der Waals surface area contributed by atoms with Crippen LogP contribution in [0.3, 0.4) is 0 Å². The lowest BCUT2D eigenvalue weighted by Crippen LogP contribution is -2.04. The first-order valence-electron chi connectivity index (χ1n) is 6.75. The molecule has 0 atom stereocenters. The highest BCUT2D eigenvalue weighted by Crippen LogP contribution is 2.38. The number of benzene rings is 1. The summed E-state index contributed by atoms with van der Waals surface area (Å²) in [5.41, 5.74) is 0.916. The van der Waals surface area contributed by atoms with Crippen molar-refractivity contribution in [1.82, 2.24) is 10.1 Å². The van der Waals surface area contributed by atoms with Crippen LogP contribution in [0, 0.1) is 0 Å². The van der Waals surface area contributed by atoms with Crippen molar-refractivity contribution in [2.24, 2.45) is 0 Å². The fourth-order valence-electron chi connectivity index (χ4n) is 1.93. The van der Waals surface area contributed by atoms with E-state index in [0.29, 0.717) is 24.9 Å². The van der Waals surface area contributed by atoms with Crippen molar-refractivity contribution in [2.45, 2.75) is 32.2 Å². The zero-order chi connectivity index (χ0) is 13.9. The Morgan fingerprint density at radius 2 is 2.30 bits per heavy atom. The second kappa shape index (κ2) is 5.83. The molecule has 1 fully saturated rings. The lowest BCUT2D eigenvalue weighted by molar-refractivity contribution is 0.341. The van der Waals surface area contributed by atoms with E-state index in [1.54, 1.807) is 0 Å². The summed E-state index contributed by atoms with van der Waals surface area (Å²) < 4.78 is 11.8. The van der Waals surface area contributed by atoms with Crippen LogP contribution in [0.5, 0.6) is 5.75 Å². The minimum atomic E-state index is 0.487. The normalized spacial score (nSPS) is 14.3. The van der Waals surface area contributed by atoms with Crippen LogP contribution in [0.25, 0.3) is 0 Å². The molecule has 1 aliphatic carbocycles. The molecule has 1 heterocycles. The zero-order valence-electron chi connectivity index (χ0n) is 11.2. The van der Waals surface area contributed by atoms with Crippen LogP contribution in [0.15, 0.2) is 27.2 Å². The fourth-order valence-corrected chi connectivity index (χ4v) is 2.29. The summed E-state index contributed by atoms with van der Waals surface area (Å²) in [5, 5.41) is 7.28. The standard InChI is InChI=1S/C14H16BrN3O2/c1-2-19-12-6-5-10(15)7-11(12)16-8-13-17-14(20-18-13)9-3-4-9/h5-7,9,16H,2-4,8H2,1H3. The van der Waals surface area contributed by atoms with E-state index in [1.807, 2.05) is 25.1 Å². The molecule has 1 aromatic carbocycles. The topological polar surface area (TPSA) is 60.2 Å². The van der Waals surface area contributed by atoms with Gasteiger partial charge in [0, 0.05) is 10.4 Å². The van der Waals surface area contributed by atoms with Gasteiger partial charge < -0.3 is 14.6 Å². The van der Waals surface area contributed by atoms with Gasteiger partial charge in [-0.15, -0.1) is 0 Å². The molecule has 0 unspecified atom stereocenters. The largest absolute Gasteiger partial charge is 0.492 e. The van der Waals surface area contributed by atoms with E-state index in [4.69, 9.17) is 9.26 Å². The van der Waals surface area contributed by atoms with Gasteiger partial charge in [-0.1, -0.05) is 21.1 Å². The predicted molar refractivity (Wildman–Crippen MR) is 78.9 cm³/mol. The van der Waals surface area contributed by atoms with Crippen LogP contribution < -0.4 is 10.1 Å². The molecule has 1 saturated carbocycles. The molecule has 0 bridgehead atoms. The lowest BCUT2D eigenvalue weighted by atomic mass is 10.3. The SMILES string of the molecule is CCOc1ccc(Br)cc1NCc1noc(C2CC2)n1. The van der Waals surface area contributed by atoms with Gasteiger partial charge >= 0.3 is 0 Å². The number of nitrogens with one attached hydrogen (secondary N) is 1. The van der Waals surface area contributed by atoms with Crippen molar-refractivity contribution < 1.29 is 9.26 Å². The third kappa shape index (κ3) is 3.12. The van der Waals surface area contributed by atoms with E-state index in [1.165, 1.54) is 0 Å². The van der Waals surface area contributed by atoms with Gasteiger partial charge in [-0.3, -0.25) is 0 Å². The summed E-state index contributed by atoms with van der Waals surface area (Å²) in [6.07, 6.45) is 2.32. The van der Waals surface area contributed by atoms with Gasteiger partial charge in [0.2, 0.25) is 5.89 Å². The Morgan fingerprint density at radius 1 is 1.45 bits per heavy atom. The number of aromatic nitrogens is 2. The molecular weight excluding hydrogens is 322 g/mol. The molecule has 2 aromatic rings. The second-order valence-electron chi connectivity index (χ2n) is 4.75. The number of halogens is 1. The molecule has 0 amide bonds. The van der Waals surface area contributed by atoms with Crippen molar-refractivity contribution in [2.75, 3.05) is 11.9 Å². The van der Waals surface area contributed by atoms with Gasteiger partial charge in [0.25, 0.3) is 0 Å². The van der Waals surface area contributed by atoms with Gasteiger partial charge in [-0.05, 0) is 38.0 Å². The summed E-state index contributed by atoms with van der Waals surface area (Å²) in [6.45, 7) is 3.12. The van der Waals surface area contributed by atoms with Crippen molar-refractivity contribution in [3.63, 3.8) is 0 Å². The quantitative estimate of drug-likeness (QED) is 0.870. The Morgan fingerprint density at radius 3 is 3.05 bits per heavy atom. The Hall–Kier alpha value is -1.56. The molecule has 5 nitrogen and oxygen atoms in total.